The van der Waals surface area contributed by atoms with E-state index in [1.807, 2.05) is 11.3 Å². The topological polar surface area (TPSA) is 38.5 Å². The van der Waals surface area contributed by atoms with E-state index in [0.29, 0.717) is 12.6 Å². The summed E-state index contributed by atoms with van der Waals surface area (Å²) in [6.45, 7) is 9.92. The molecule has 1 fully saturated rings. The Hall–Kier alpha value is -0.420. The zero-order valence-electron chi connectivity index (χ0n) is 11.6. The van der Waals surface area contributed by atoms with Gasteiger partial charge in [-0.25, -0.2) is 0 Å². The third-order valence-corrected chi connectivity index (χ3v) is 5.00. The van der Waals surface area contributed by atoms with Crippen LogP contribution in [0.3, 0.4) is 0 Å². The minimum atomic E-state index is 0.0681. The van der Waals surface area contributed by atoms with Crippen LogP contribution in [0.15, 0.2) is 12.1 Å². The molecule has 18 heavy (non-hydrogen) atoms. The summed E-state index contributed by atoms with van der Waals surface area (Å²) in [5.41, 5.74) is 6.10. The van der Waals surface area contributed by atoms with Crippen LogP contribution in [0.2, 0.25) is 0 Å². The molecule has 0 spiro atoms. The van der Waals surface area contributed by atoms with Gasteiger partial charge in [0.05, 0.1) is 19.3 Å². The minimum Gasteiger partial charge on any atom is -0.378 e. The molecule has 1 aliphatic rings. The molecular weight excluding hydrogens is 244 g/mol. The Morgan fingerprint density at radius 1 is 1.50 bits per heavy atom. The van der Waals surface area contributed by atoms with Crippen LogP contribution in [0.5, 0.6) is 0 Å². The van der Waals surface area contributed by atoms with Gasteiger partial charge in [-0.15, -0.1) is 11.3 Å². The van der Waals surface area contributed by atoms with Crippen molar-refractivity contribution in [2.45, 2.75) is 38.8 Å². The number of nitrogens with two attached hydrogens (primary N) is 1. The van der Waals surface area contributed by atoms with Gasteiger partial charge in [0.1, 0.15) is 0 Å². The quantitative estimate of drug-likeness (QED) is 0.911. The van der Waals surface area contributed by atoms with E-state index >= 15 is 0 Å². The van der Waals surface area contributed by atoms with E-state index in [1.54, 1.807) is 0 Å². The average Bonchev–Trinajstić information content (AvgIpc) is 2.80. The Bertz CT molecular complexity index is 389. The van der Waals surface area contributed by atoms with Gasteiger partial charge in [0, 0.05) is 28.4 Å². The monoisotopic (exact) mass is 268 g/mol. The molecule has 1 aromatic rings. The summed E-state index contributed by atoms with van der Waals surface area (Å²) in [7, 11) is 0. The van der Waals surface area contributed by atoms with Crippen molar-refractivity contribution in [2.75, 3.05) is 26.3 Å². The van der Waals surface area contributed by atoms with Gasteiger partial charge in [0.2, 0.25) is 0 Å². The highest BCUT2D eigenvalue weighted by molar-refractivity contribution is 7.12. The second kappa shape index (κ2) is 5.70. The second-order valence-corrected chi connectivity index (χ2v) is 6.67. The molecule has 1 aliphatic heterocycles. The SMILES string of the molecule is CCc1ccc(C(CN)N2CCOCC2(C)C)s1. The smallest absolute Gasteiger partial charge is 0.0645 e. The Kier molecular flexibility index (Phi) is 4.43. The van der Waals surface area contributed by atoms with E-state index in [9.17, 15) is 0 Å². The van der Waals surface area contributed by atoms with Crippen LogP contribution >= 0.6 is 11.3 Å². The fourth-order valence-corrected chi connectivity index (χ4v) is 3.69. The molecule has 0 bridgehead atoms. The molecule has 2 rings (SSSR count). The third-order valence-electron chi connectivity index (χ3n) is 3.67. The lowest BCUT2D eigenvalue weighted by Crippen LogP contribution is -2.55. The zero-order chi connectivity index (χ0) is 13.2. The average molecular weight is 268 g/mol. The van der Waals surface area contributed by atoms with Crippen LogP contribution in [0, 0.1) is 0 Å². The van der Waals surface area contributed by atoms with Crippen LogP contribution < -0.4 is 5.73 Å². The van der Waals surface area contributed by atoms with Gasteiger partial charge in [-0.1, -0.05) is 6.92 Å². The third kappa shape index (κ3) is 2.77. The van der Waals surface area contributed by atoms with Gasteiger partial charge < -0.3 is 10.5 Å². The van der Waals surface area contributed by atoms with Crippen molar-refractivity contribution in [1.82, 2.24) is 4.90 Å². The summed E-state index contributed by atoms with van der Waals surface area (Å²) in [5, 5.41) is 0. The molecule has 3 nitrogen and oxygen atoms in total. The van der Waals surface area contributed by atoms with Crippen LogP contribution in [-0.2, 0) is 11.2 Å². The number of morpholine rings is 1. The first-order valence-corrected chi connectivity index (χ1v) is 7.53. The molecule has 1 unspecified atom stereocenters. The van der Waals surface area contributed by atoms with Crippen molar-refractivity contribution >= 4 is 11.3 Å². The number of aryl methyl sites for hydroxylation is 1. The summed E-state index contributed by atoms with van der Waals surface area (Å²) in [6, 6.07) is 4.80. The maximum atomic E-state index is 6.03. The lowest BCUT2D eigenvalue weighted by Gasteiger charge is -2.46. The number of ether oxygens (including phenoxy) is 1. The maximum absolute atomic E-state index is 6.03. The van der Waals surface area contributed by atoms with Gasteiger partial charge in [0.25, 0.3) is 0 Å². The number of hydrogen-bond acceptors (Lipinski definition) is 4. The molecule has 102 valence electrons. The molecule has 4 heteroatoms. The minimum absolute atomic E-state index is 0.0681. The van der Waals surface area contributed by atoms with E-state index in [2.05, 4.69) is 37.8 Å². The van der Waals surface area contributed by atoms with Crippen LogP contribution in [0.1, 0.15) is 36.6 Å². The van der Waals surface area contributed by atoms with E-state index in [1.165, 1.54) is 9.75 Å². The first-order chi connectivity index (χ1) is 8.58. The van der Waals surface area contributed by atoms with Crippen molar-refractivity contribution in [2.24, 2.45) is 5.73 Å². The molecule has 2 N–H and O–H groups in total. The molecule has 1 aromatic heterocycles. The maximum Gasteiger partial charge on any atom is 0.0645 e. The number of thiophene rings is 1. The standard InChI is InChI=1S/C14H24N2OS/c1-4-11-5-6-13(18-11)12(9-15)16-7-8-17-10-14(16,2)3/h5-6,12H,4,7-10,15H2,1-3H3. The molecule has 1 saturated heterocycles. The van der Waals surface area contributed by atoms with Crippen LogP contribution in [0.4, 0.5) is 0 Å². The molecule has 1 atom stereocenters. The van der Waals surface area contributed by atoms with E-state index < -0.39 is 0 Å². The van der Waals surface area contributed by atoms with Crippen molar-refractivity contribution in [1.29, 1.82) is 0 Å². The van der Waals surface area contributed by atoms with E-state index in [4.69, 9.17) is 10.5 Å². The first-order valence-electron chi connectivity index (χ1n) is 6.71. The molecule has 0 aromatic carbocycles. The van der Waals surface area contributed by atoms with Crippen molar-refractivity contribution in [3.8, 4) is 0 Å². The fourth-order valence-electron chi connectivity index (χ4n) is 2.61. The Morgan fingerprint density at radius 3 is 2.83 bits per heavy atom. The summed E-state index contributed by atoms with van der Waals surface area (Å²) in [4.78, 5) is 5.33. The van der Waals surface area contributed by atoms with Crippen LogP contribution in [-0.4, -0.2) is 36.7 Å². The zero-order valence-corrected chi connectivity index (χ0v) is 12.4. The van der Waals surface area contributed by atoms with Crippen molar-refractivity contribution in [3.05, 3.63) is 21.9 Å². The van der Waals surface area contributed by atoms with Crippen molar-refractivity contribution in [3.63, 3.8) is 0 Å². The van der Waals surface area contributed by atoms with Gasteiger partial charge in [-0.05, 0) is 32.4 Å². The van der Waals surface area contributed by atoms with Gasteiger partial charge in [-0.2, -0.15) is 0 Å². The summed E-state index contributed by atoms with van der Waals surface area (Å²) in [6.07, 6.45) is 1.11. The van der Waals surface area contributed by atoms with Gasteiger partial charge >= 0.3 is 0 Å². The molecule has 0 aliphatic carbocycles. The van der Waals surface area contributed by atoms with Crippen LogP contribution in [0.25, 0.3) is 0 Å². The first kappa shape index (κ1) is 14.0. The summed E-state index contributed by atoms with van der Waals surface area (Å²) < 4.78 is 5.59. The number of rotatable bonds is 4. The summed E-state index contributed by atoms with van der Waals surface area (Å²) >= 11 is 1.90. The van der Waals surface area contributed by atoms with Gasteiger partial charge in [-0.3, -0.25) is 4.90 Å². The Labute approximate surface area is 114 Å². The summed E-state index contributed by atoms with van der Waals surface area (Å²) in [5.74, 6) is 0. The molecule has 2 heterocycles. The number of hydrogen-bond donors (Lipinski definition) is 1. The van der Waals surface area contributed by atoms with Gasteiger partial charge in [0.15, 0.2) is 0 Å². The number of nitrogens with zero attached hydrogens (tertiary/aromatic N) is 1. The molecule has 0 amide bonds. The fraction of sp³-hybridized carbons (Fsp3) is 0.714. The van der Waals surface area contributed by atoms with E-state index in [0.717, 1.165) is 26.2 Å². The highest BCUT2D eigenvalue weighted by atomic mass is 32.1. The predicted molar refractivity (Wildman–Crippen MR) is 77.1 cm³/mol. The van der Waals surface area contributed by atoms with E-state index in [-0.39, 0.29) is 5.54 Å². The highest BCUT2D eigenvalue weighted by Crippen LogP contribution is 2.33. The molecule has 0 radical (unpaired) electrons. The Morgan fingerprint density at radius 2 is 2.28 bits per heavy atom. The second-order valence-electron chi connectivity index (χ2n) is 5.47. The Balaban J connectivity index is 2.21. The highest BCUT2D eigenvalue weighted by Gasteiger charge is 2.36. The largest absolute Gasteiger partial charge is 0.378 e. The van der Waals surface area contributed by atoms with Crippen molar-refractivity contribution < 1.29 is 4.74 Å². The molecule has 0 saturated carbocycles. The molecular formula is C14H24N2OS. The predicted octanol–water partition coefficient (Wildman–Crippen LogP) is 2.42. The lowest BCUT2D eigenvalue weighted by atomic mass is 9.99. The lowest BCUT2D eigenvalue weighted by molar-refractivity contribution is -0.0706. The normalized spacial score (nSPS) is 22.0.